The molecule has 1 aliphatic rings. The first-order chi connectivity index (χ1) is 8.35. The van der Waals surface area contributed by atoms with Crippen LogP contribution in [0.5, 0.6) is 0 Å². The number of hydrogen-bond donors (Lipinski definition) is 3. The minimum atomic E-state index is -1.01. The van der Waals surface area contributed by atoms with E-state index in [9.17, 15) is 14.7 Å². The lowest BCUT2D eigenvalue weighted by Gasteiger charge is -2.36. The van der Waals surface area contributed by atoms with Crippen LogP contribution >= 0.6 is 0 Å². The van der Waals surface area contributed by atoms with E-state index >= 15 is 0 Å². The van der Waals surface area contributed by atoms with Gasteiger partial charge in [0.15, 0.2) is 0 Å². The van der Waals surface area contributed by atoms with Gasteiger partial charge in [-0.2, -0.15) is 0 Å². The van der Waals surface area contributed by atoms with Crippen LogP contribution in [-0.4, -0.2) is 51.8 Å². The van der Waals surface area contributed by atoms with Gasteiger partial charge in [-0.15, -0.1) is 0 Å². The molecule has 1 heterocycles. The number of amides is 2. The summed E-state index contributed by atoms with van der Waals surface area (Å²) in [6, 6.07) is -1.18. The van der Waals surface area contributed by atoms with Crippen LogP contribution < -0.4 is 5.32 Å². The standard InChI is InChI=1S/C12H22N2O4/c1-3-4-9(10(15)16)13-11(17)14-7-5-12(2,18)6-8-14/h9,18H,3-8H2,1-2H3,(H,13,17)(H,15,16)/t9-/m0/s1. The van der Waals surface area contributed by atoms with Gasteiger partial charge in [0, 0.05) is 13.1 Å². The SMILES string of the molecule is CCC[C@H](NC(=O)N1CCC(C)(O)CC1)C(=O)O. The fourth-order valence-electron chi connectivity index (χ4n) is 1.98. The summed E-state index contributed by atoms with van der Waals surface area (Å²) in [4.78, 5) is 24.4. The molecule has 0 aromatic rings. The quantitative estimate of drug-likeness (QED) is 0.695. The Morgan fingerprint density at radius 1 is 1.39 bits per heavy atom. The Kier molecular flexibility index (Phi) is 4.95. The van der Waals surface area contributed by atoms with Crippen LogP contribution in [0.15, 0.2) is 0 Å². The highest BCUT2D eigenvalue weighted by molar-refractivity contribution is 5.82. The van der Waals surface area contributed by atoms with Crippen molar-refractivity contribution in [2.45, 2.75) is 51.2 Å². The molecule has 2 amide bonds. The van der Waals surface area contributed by atoms with Gasteiger partial charge in [-0.3, -0.25) is 0 Å². The number of aliphatic hydroxyl groups is 1. The van der Waals surface area contributed by atoms with Crippen molar-refractivity contribution in [3.63, 3.8) is 0 Å². The first-order valence-corrected chi connectivity index (χ1v) is 6.36. The van der Waals surface area contributed by atoms with Crippen molar-refractivity contribution in [1.82, 2.24) is 10.2 Å². The molecule has 1 rings (SSSR count). The summed E-state index contributed by atoms with van der Waals surface area (Å²) < 4.78 is 0. The lowest BCUT2D eigenvalue weighted by atomic mass is 9.94. The molecule has 0 radical (unpaired) electrons. The molecule has 1 saturated heterocycles. The molecule has 6 nitrogen and oxygen atoms in total. The zero-order valence-corrected chi connectivity index (χ0v) is 11.0. The van der Waals surface area contributed by atoms with E-state index < -0.39 is 17.6 Å². The van der Waals surface area contributed by atoms with Gasteiger partial charge < -0.3 is 20.4 Å². The molecular weight excluding hydrogens is 236 g/mol. The second-order valence-corrected chi connectivity index (χ2v) is 5.11. The van der Waals surface area contributed by atoms with Crippen LogP contribution in [0.2, 0.25) is 0 Å². The van der Waals surface area contributed by atoms with Crippen LogP contribution in [0.25, 0.3) is 0 Å². The van der Waals surface area contributed by atoms with E-state index in [0.29, 0.717) is 38.8 Å². The maximum Gasteiger partial charge on any atom is 0.326 e. The molecule has 0 aliphatic carbocycles. The lowest BCUT2D eigenvalue weighted by Crippen LogP contribution is -2.52. The minimum absolute atomic E-state index is 0.355. The van der Waals surface area contributed by atoms with E-state index in [1.807, 2.05) is 6.92 Å². The second kappa shape index (κ2) is 6.04. The number of rotatable bonds is 4. The van der Waals surface area contributed by atoms with E-state index in [2.05, 4.69) is 5.32 Å². The highest BCUT2D eigenvalue weighted by atomic mass is 16.4. The van der Waals surface area contributed by atoms with Gasteiger partial charge in [-0.1, -0.05) is 13.3 Å². The van der Waals surface area contributed by atoms with Crippen molar-refractivity contribution >= 4 is 12.0 Å². The highest BCUT2D eigenvalue weighted by Gasteiger charge is 2.30. The number of hydrogen-bond acceptors (Lipinski definition) is 3. The van der Waals surface area contributed by atoms with Gasteiger partial charge in [0.05, 0.1) is 5.60 Å². The molecule has 0 aromatic carbocycles. The lowest BCUT2D eigenvalue weighted by molar-refractivity contribution is -0.139. The van der Waals surface area contributed by atoms with Crippen molar-refractivity contribution in [2.75, 3.05) is 13.1 Å². The van der Waals surface area contributed by atoms with Gasteiger partial charge >= 0.3 is 12.0 Å². The molecular formula is C12H22N2O4. The van der Waals surface area contributed by atoms with E-state index in [1.54, 1.807) is 11.8 Å². The Balaban J connectivity index is 2.47. The van der Waals surface area contributed by atoms with Gasteiger partial charge in [-0.25, -0.2) is 9.59 Å². The predicted octanol–water partition coefficient (Wildman–Crippen LogP) is 0.796. The zero-order valence-electron chi connectivity index (χ0n) is 11.0. The van der Waals surface area contributed by atoms with Crippen LogP contribution in [0.4, 0.5) is 4.79 Å². The van der Waals surface area contributed by atoms with Gasteiger partial charge in [0.25, 0.3) is 0 Å². The van der Waals surface area contributed by atoms with Gasteiger partial charge in [-0.05, 0) is 26.2 Å². The molecule has 1 fully saturated rings. The number of nitrogens with zero attached hydrogens (tertiary/aromatic N) is 1. The van der Waals surface area contributed by atoms with E-state index in [-0.39, 0.29) is 6.03 Å². The summed E-state index contributed by atoms with van der Waals surface area (Å²) in [5, 5.41) is 21.3. The van der Waals surface area contributed by atoms with Crippen LogP contribution in [-0.2, 0) is 4.79 Å². The number of carbonyl (C=O) groups is 2. The summed E-state index contributed by atoms with van der Waals surface area (Å²) in [5.74, 6) is -1.01. The molecule has 0 spiro atoms. The molecule has 0 aromatic heterocycles. The number of aliphatic carboxylic acids is 1. The Bertz CT molecular complexity index is 307. The van der Waals surface area contributed by atoms with Crippen LogP contribution in [0.3, 0.4) is 0 Å². The van der Waals surface area contributed by atoms with E-state index in [4.69, 9.17) is 5.11 Å². The topological polar surface area (TPSA) is 89.9 Å². The Morgan fingerprint density at radius 2 is 1.94 bits per heavy atom. The third-order valence-electron chi connectivity index (χ3n) is 3.30. The molecule has 0 unspecified atom stereocenters. The first-order valence-electron chi connectivity index (χ1n) is 6.36. The number of urea groups is 1. The predicted molar refractivity (Wildman–Crippen MR) is 66.3 cm³/mol. The highest BCUT2D eigenvalue weighted by Crippen LogP contribution is 2.21. The van der Waals surface area contributed by atoms with Crippen molar-refractivity contribution in [1.29, 1.82) is 0 Å². The monoisotopic (exact) mass is 258 g/mol. The fourth-order valence-corrected chi connectivity index (χ4v) is 1.98. The largest absolute Gasteiger partial charge is 0.480 e. The second-order valence-electron chi connectivity index (χ2n) is 5.11. The zero-order chi connectivity index (χ0) is 13.8. The van der Waals surface area contributed by atoms with E-state index in [0.717, 1.165) is 0 Å². The molecule has 6 heteroatoms. The molecule has 18 heavy (non-hydrogen) atoms. The average Bonchev–Trinajstić information content (AvgIpc) is 2.28. The van der Waals surface area contributed by atoms with Crippen molar-refractivity contribution < 1.29 is 19.8 Å². The molecule has 0 saturated carbocycles. The number of nitrogens with one attached hydrogen (secondary N) is 1. The van der Waals surface area contributed by atoms with Crippen LogP contribution in [0, 0.1) is 0 Å². The number of likely N-dealkylation sites (tertiary alicyclic amines) is 1. The summed E-state index contributed by atoms with van der Waals surface area (Å²) in [6.45, 7) is 4.54. The molecule has 3 N–H and O–H groups in total. The normalized spacial score (nSPS) is 20.3. The Morgan fingerprint density at radius 3 is 2.39 bits per heavy atom. The molecule has 104 valence electrons. The van der Waals surface area contributed by atoms with Crippen LogP contribution in [0.1, 0.15) is 39.5 Å². The maximum atomic E-state index is 11.9. The van der Waals surface area contributed by atoms with Crippen molar-refractivity contribution in [3.8, 4) is 0 Å². The smallest absolute Gasteiger partial charge is 0.326 e. The number of carboxylic acid groups (broad SMARTS) is 1. The number of carbonyl (C=O) groups excluding carboxylic acids is 1. The minimum Gasteiger partial charge on any atom is -0.480 e. The summed E-state index contributed by atoms with van der Waals surface area (Å²) in [7, 11) is 0. The summed E-state index contributed by atoms with van der Waals surface area (Å²) in [6.07, 6.45) is 2.16. The molecule has 1 atom stereocenters. The third-order valence-corrected chi connectivity index (χ3v) is 3.30. The van der Waals surface area contributed by atoms with Gasteiger partial charge in [0.2, 0.25) is 0 Å². The Labute approximate surface area is 107 Å². The summed E-state index contributed by atoms with van der Waals surface area (Å²) >= 11 is 0. The summed E-state index contributed by atoms with van der Waals surface area (Å²) in [5.41, 5.74) is -0.716. The number of carboxylic acids is 1. The molecule has 1 aliphatic heterocycles. The van der Waals surface area contributed by atoms with Crippen molar-refractivity contribution in [3.05, 3.63) is 0 Å². The maximum absolute atomic E-state index is 11.9. The van der Waals surface area contributed by atoms with Gasteiger partial charge in [0.1, 0.15) is 6.04 Å². The average molecular weight is 258 g/mol. The third kappa shape index (κ3) is 4.18. The van der Waals surface area contributed by atoms with Crippen molar-refractivity contribution in [2.24, 2.45) is 0 Å². The first kappa shape index (κ1) is 14.8. The fraction of sp³-hybridized carbons (Fsp3) is 0.833. The van der Waals surface area contributed by atoms with E-state index in [1.165, 1.54) is 0 Å². The number of piperidine rings is 1. The molecule has 0 bridgehead atoms. The Hall–Kier alpha value is -1.30.